The molecule has 0 amide bonds. The monoisotopic (exact) mass is 166 g/mol. The largest absolute Gasteiger partial charge is 0.394 e. The fourth-order valence-corrected chi connectivity index (χ4v) is 0.949. The predicted octanol–water partition coefficient (Wildman–Crippen LogP) is 0.418. The maximum Gasteiger partial charge on any atom is 0.0645 e. The Kier molecular flexibility index (Phi) is 3.57. The van der Waals surface area contributed by atoms with Crippen LogP contribution in [-0.2, 0) is 0 Å². The molecule has 0 aromatic heterocycles. The van der Waals surface area contributed by atoms with Crippen LogP contribution in [0.5, 0.6) is 0 Å². The van der Waals surface area contributed by atoms with E-state index in [1.807, 2.05) is 30.3 Å². The van der Waals surface area contributed by atoms with Crippen LogP contribution in [0.2, 0.25) is 0 Å². The third kappa shape index (κ3) is 2.53. The first-order chi connectivity index (χ1) is 5.86. The van der Waals surface area contributed by atoms with Crippen LogP contribution in [0.25, 0.3) is 0 Å². The van der Waals surface area contributed by atoms with Gasteiger partial charge in [0.25, 0.3) is 0 Å². The van der Waals surface area contributed by atoms with Crippen molar-refractivity contribution < 1.29 is 5.11 Å². The summed E-state index contributed by atoms with van der Waals surface area (Å²) in [6, 6.07) is 9.66. The lowest BCUT2D eigenvalue weighted by molar-refractivity contribution is 0.276. The van der Waals surface area contributed by atoms with Crippen LogP contribution in [0.3, 0.4) is 0 Å². The van der Waals surface area contributed by atoms with Crippen molar-refractivity contribution in [1.29, 1.82) is 0 Å². The van der Waals surface area contributed by atoms with Gasteiger partial charge in [0, 0.05) is 12.2 Å². The quantitative estimate of drug-likeness (QED) is 0.607. The second kappa shape index (κ2) is 4.74. The van der Waals surface area contributed by atoms with Crippen LogP contribution < -0.4 is 11.1 Å². The van der Waals surface area contributed by atoms with Crippen molar-refractivity contribution in [3.63, 3.8) is 0 Å². The van der Waals surface area contributed by atoms with E-state index >= 15 is 0 Å². The minimum Gasteiger partial charge on any atom is -0.394 e. The fraction of sp³-hybridized carbons (Fsp3) is 0.333. The van der Waals surface area contributed by atoms with Crippen molar-refractivity contribution in [2.75, 3.05) is 18.5 Å². The molecule has 0 aliphatic carbocycles. The number of aliphatic hydroxyl groups is 1. The molecule has 4 N–H and O–H groups in total. The lowest BCUT2D eigenvalue weighted by atomic mass is 10.2. The van der Waals surface area contributed by atoms with E-state index in [1.165, 1.54) is 0 Å². The van der Waals surface area contributed by atoms with Gasteiger partial charge >= 0.3 is 0 Å². The Labute approximate surface area is 72.2 Å². The lowest BCUT2D eigenvalue weighted by Crippen LogP contribution is -2.32. The molecule has 3 nitrogen and oxygen atoms in total. The van der Waals surface area contributed by atoms with E-state index in [1.54, 1.807) is 0 Å². The second-order valence-corrected chi connectivity index (χ2v) is 2.63. The molecule has 0 heterocycles. The van der Waals surface area contributed by atoms with Gasteiger partial charge in [-0.3, -0.25) is 0 Å². The van der Waals surface area contributed by atoms with E-state index in [2.05, 4.69) is 5.32 Å². The van der Waals surface area contributed by atoms with Gasteiger partial charge in [0.1, 0.15) is 0 Å². The first-order valence-electron chi connectivity index (χ1n) is 3.99. The van der Waals surface area contributed by atoms with Crippen molar-refractivity contribution in [3.05, 3.63) is 30.3 Å². The predicted molar refractivity (Wildman–Crippen MR) is 50.0 cm³/mol. The SMILES string of the molecule is NCC(CO)Nc1ccccc1. The fourth-order valence-electron chi connectivity index (χ4n) is 0.949. The van der Waals surface area contributed by atoms with Gasteiger partial charge in [0.2, 0.25) is 0 Å². The lowest BCUT2D eigenvalue weighted by Gasteiger charge is -2.14. The Hall–Kier alpha value is -1.06. The van der Waals surface area contributed by atoms with Crippen molar-refractivity contribution in [2.45, 2.75) is 6.04 Å². The third-order valence-electron chi connectivity index (χ3n) is 1.65. The van der Waals surface area contributed by atoms with Crippen LogP contribution in [0, 0.1) is 0 Å². The van der Waals surface area contributed by atoms with Crippen molar-refractivity contribution in [2.24, 2.45) is 5.73 Å². The number of benzene rings is 1. The number of hydrogen-bond acceptors (Lipinski definition) is 3. The molecule has 12 heavy (non-hydrogen) atoms. The first-order valence-corrected chi connectivity index (χ1v) is 3.99. The molecule has 1 rings (SSSR count). The molecule has 0 saturated heterocycles. The van der Waals surface area contributed by atoms with Crippen molar-refractivity contribution in [3.8, 4) is 0 Å². The molecule has 3 heteroatoms. The number of nitrogens with two attached hydrogens (primary N) is 1. The van der Waals surface area contributed by atoms with Gasteiger partial charge in [-0.2, -0.15) is 0 Å². The molecule has 1 aromatic carbocycles. The summed E-state index contributed by atoms with van der Waals surface area (Å²) in [6.45, 7) is 0.497. The molecule has 1 unspecified atom stereocenters. The van der Waals surface area contributed by atoms with E-state index in [9.17, 15) is 0 Å². The summed E-state index contributed by atoms with van der Waals surface area (Å²) in [4.78, 5) is 0. The summed E-state index contributed by atoms with van der Waals surface area (Å²) >= 11 is 0. The molecular weight excluding hydrogens is 152 g/mol. The smallest absolute Gasteiger partial charge is 0.0645 e. The van der Waals surface area contributed by atoms with E-state index < -0.39 is 0 Å². The molecule has 0 radical (unpaired) electrons. The zero-order valence-corrected chi connectivity index (χ0v) is 6.90. The van der Waals surface area contributed by atoms with Gasteiger partial charge in [0.05, 0.1) is 12.6 Å². The number of aliphatic hydroxyl groups excluding tert-OH is 1. The Balaban J connectivity index is 2.51. The van der Waals surface area contributed by atoms with Gasteiger partial charge in [-0.05, 0) is 12.1 Å². The zero-order valence-electron chi connectivity index (χ0n) is 6.90. The summed E-state index contributed by atoms with van der Waals surface area (Å²) in [6.07, 6.45) is 0. The Morgan fingerprint density at radius 1 is 1.33 bits per heavy atom. The van der Waals surface area contributed by atoms with Crippen LogP contribution in [-0.4, -0.2) is 24.3 Å². The van der Waals surface area contributed by atoms with Crippen LogP contribution in [0.15, 0.2) is 30.3 Å². The number of hydrogen-bond donors (Lipinski definition) is 3. The van der Waals surface area contributed by atoms with Crippen molar-refractivity contribution >= 4 is 5.69 Å². The molecule has 66 valence electrons. The van der Waals surface area contributed by atoms with Gasteiger partial charge in [0.15, 0.2) is 0 Å². The number of nitrogens with one attached hydrogen (secondary N) is 1. The average molecular weight is 166 g/mol. The summed E-state index contributed by atoms with van der Waals surface area (Å²) in [7, 11) is 0. The van der Waals surface area contributed by atoms with Crippen LogP contribution in [0.4, 0.5) is 5.69 Å². The van der Waals surface area contributed by atoms with Crippen LogP contribution >= 0.6 is 0 Å². The van der Waals surface area contributed by atoms with Crippen molar-refractivity contribution in [1.82, 2.24) is 0 Å². The van der Waals surface area contributed by atoms with Gasteiger partial charge in [-0.15, -0.1) is 0 Å². The number of rotatable bonds is 4. The number of para-hydroxylation sites is 1. The average Bonchev–Trinajstić information content (AvgIpc) is 2.16. The molecule has 0 saturated carbocycles. The molecule has 0 bridgehead atoms. The molecule has 0 aliphatic rings. The molecule has 0 aliphatic heterocycles. The zero-order chi connectivity index (χ0) is 8.81. The molecule has 0 fully saturated rings. The normalized spacial score (nSPS) is 12.5. The molecular formula is C9H14N2O. The third-order valence-corrected chi connectivity index (χ3v) is 1.65. The maximum absolute atomic E-state index is 8.84. The standard InChI is InChI=1S/C9H14N2O/c10-6-9(7-12)11-8-4-2-1-3-5-8/h1-5,9,11-12H,6-7,10H2. The highest BCUT2D eigenvalue weighted by molar-refractivity contribution is 5.43. The highest BCUT2D eigenvalue weighted by Crippen LogP contribution is 2.05. The second-order valence-electron chi connectivity index (χ2n) is 2.63. The Morgan fingerprint density at radius 3 is 2.50 bits per heavy atom. The highest BCUT2D eigenvalue weighted by Gasteiger charge is 2.02. The van der Waals surface area contributed by atoms with Gasteiger partial charge in [-0.25, -0.2) is 0 Å². The van der Waals surface area contributed by atoms with E-state index in [-0.39, 0.29) is 12.6 Å². The highest BCUT2D eigenvalue weighted by atomic mass is 16.3. The number of anilines is 1. The summed E-state index contributed by atoms with van der Waals surface area (Å²) in [5.41, 5.74) is 6.40. The van der Waals surface area contributed by atoms with Gasteiger partial charge in [-0.1, -0.05) is 18.2 Å². The van der Waals surface area contributed by atoms with E-state index in [0.717, 1.165) is 5.69 Å². The molecule has 0 spiro atoms. The summed E-state index contributed by atoms with van der Waals surface area (Å²) in [5.74, 6) is 0. The maximum atomic E-state index is 8.84. The first kappa shape index (κ1) is 9.03. The summed E-state index contributed by atoms with van der Waals surface area (Å²) < 4.78 is 0. The summed E-state index contributed by atoms with van der Waals surface area (Å²) in [5, 5.41) is 11.9. The van der Waals surface area contributed by atoms with Crippen LogP contribution in [0.1, 0.15) is 0 Å². The van der Waals surface area contributed by atoms with Gasteiger partial charge < -0.3 is 16.2 Å². The topological polar surface area (TPSA) is 58.3 Å². The van der Waals surface area contributed by atoms with E-state index in [4.69, 9.17) is 10.8 Å². The Bertz CT molecular complexity index is 209. The molecule has 1 aromatic rings. The minimum absolute atomic E-state index is 0.0487. The molecule has 1 atom stereocenters. The minimum atomic E-state index is -0.0487. The van der Waals surface area contributed by atoms with E-state index in [0.29, 0.717) is 6.54 Å². The Morgan fingerprint density at radius 2 is 2.00 bits per heavy atom.